The van der Waals surface area contributed by atoms with Gasteiger partial charge >= 0.3 is 18.2 Å². The summed E-state index contributed by atoms with van der Waals surface area (Å²) in [5, 5.41) is 0. The Labute approximate surface area is 235 Å². The number of esters is 1. The molecule has 1 aliphatic rings. The van der Waals surface area contributed by atoms with Crippen LogP contribution < -0.4 is 0 Å². The first-order valence-electron chi connectivity index (χ1n) is 14.5. The second-order valence-corrected chi connectivity index (χ2v) is 12.4. The van der Waals surface area contributed by atoms with Crippen LogP contribution in [0.3, 0.4) is 0 Å². The number of amides is 2. The maximum absolute atomic E-state index is 13.1. The van der Waals surface area contributed by atoms with E-state index in [0.29, 0.717) is 32.5 Å². The highest BCUT2D eigenvalue weighted by atomic mass is 16.6. The van der Waals surface area contributed by atoms with Crippen LogP contribution in [0.2, 0.25) is 0 Å². The molecule has 8 nitrogen and oxygen atoms in total. The van der Waals surface area contributed by atoms with E-state index in [1.807, 2.05) is 76.8 Å². The van der Waals surface area contributed by atoms with Crippen molar-refractivity contribution in [2.75, 3.05) is 19.6 Å². The van der Waals surface area contributed by atoms with Gasteiger partial charge in [-0.15, -0.1) is 0 Å². The highest BCUT2D eigenvalue weighted by molar-refractivity contribution is 5.70. The molecule has 1 aromatic carbocycles. The average Bonchev–Trinajstić information content (AvgIpc) is 2.85. The van der Waals surface area contributed by atoms with E-state index in [1.165, 1.54) is 6.42 Å². The SMILES string of the molecule is CC(C)(C)OC(=O)N(CCCCCC(=O)OCc1ccccc1)CCN(C(=O)OC(C)(C)C)C1CCCCC1. The molecule has 0 aliphatic heterocycles. The van der Waals surface area contributed by atoms with Crippen molar-refractivity contribution in [1.29, 1.82) is 0 Å². The zero-order valence-corrected chi connectivity index (χ0v) is 25.0. The Morgan fingerprint density at radius 2 is 1.38 bits per heavy atom. The van der Waals surface area contributed by atoms with Crippen molar-refractivity contribution in [3.63, 3.8) is 0 Å². The summed E-state index contributed by atoms with van der Waals surface area (Å²) in [6.07, 6.45) is 7.07. The molecule has 1 aliphatic carbocycles. The van der Waals surface area contributed by atoms with E-state index in [1.54, 1.807) is 4.90 Å². The van der Waals surface area contributed by atoms with E-state index in [2.05, 4.69) is 0 Å². The van der Waals surface area contributed by atoms with Crippen molar-refractivity contribution in [1.82, 2.24) is 9.80 Å². The molecule has 0 aromatic heterocycles. The van der Waals surface area contributed by atoms with E-state index >= 15 is 0 Å². The topological polar surface area (TPSA) is 85.4 Å². The van der Waals surface area contributed by atoms with Crippen LogP contribution in [0.1, 0.15) is 105 Å². The van der Waals surface area contributed by atoms with Gasteiger partial charge in [0.15, 0.2) is 0 Å². The Hall–Kier alpha value is -2.77. The van der Waals surface area contributed by atoms with Gasteiger partial charge in [0, 0.05) is 32.1 Å². The van der Waals surface area contributed by atoms with Crippen LogP contribution in [0.5, 0.6) is 0 Å². The summed E-state index contributed by atoms with van der Waals surface area (Å²) < 4.78 is 16.7. The summed E-state index contributed by atoms with van der Waals surface area (Å²) in [4.78, 5) is 41.7. The van der Waals surface area contributed by atoms with Crippen LogP contribution in [0.25, 0.3) is 0 Å². The average molecular weight is 547 g/mol. The van der Waals surface area contributed by atoms with Gasteiger partial charge in [-0.25, -0.2) is 9.59 Å². The molecule has 39 heavy (non-hydrogen) atoms. The first-order valence-corrected chi connectivity index (χ1v) is 14.5. The lowest BCUT2D eigenvalue weighted by Crippen LogP contribution is -2.49. The highest BCUT2D eigenvalue weighted by Crippen LogP contribution is 2.24. The fourth-order valence-corrected chi connectivity index (χ4v) is 4.54. The summed E-state index contributed by atoms with van der Waals surface area (Å²) in [5.74, 6) is -0.219. The van der Waals surface area contributed by atoms with Gasteiger partial charge in [0.1, 0.15) is 17.8 Å². The van der Waals surface area contributed by atoms with Gasteiger partial charge in [0.25, 0.3) is 0 Å². The van der Waals surface area contributed by atoms with Crippen LogP contribution in [-0.4, -0.2) is 64.8 Å². The minimum absolute atomic E-state index is 0.121. The molecule has 1 fully saturated rings. The number of hydrogen-bond acceptors (Lipinski definition) is 6. The molecule has 0 radical (unpaired) electrons. The number of carbonyl (C=O) groups excluding carboxylic acids is 3. The first-order chi connectivity index (χ1) is 18.3. The van der Waals surface area contributed by atoms with E-state index < -0.39 is 17.3 Å². The Morgan fingerprint density at radius 1 is 0.769 bits per heavy atom. The van der Waals surface area contributed by atoms with Crippen LogP contribution in [0, 0.1) is 0 Å². The Bertz CT molecular complexity index is 885. The van der Waals surface area contributed by atoms with Gasteiger partial charge in [-0.2, -0.15) is 0 Å². The molecule has 1 aromatic rings. The van der Waals surface area contributed by atoms with Crippen molar-refractivity contribution in [2.45, 2.75) is 123 Å². The van der Waals surface area contributed by atoms with Gasteiger partial charge in [-0.1, -0.05) is 56.0 Å². The minimum Gasteiger partial charge on any atom is -0.461 e. The largest absolute Gasteiger partial charge is 0.461 e. The number of unbranched alkanes of at least 4 members (excludes halogenated alkanes) is 2. The molecule has 220 valence electrons. The van der Waals surface area contributed by atoms with Crippen LogP contribution >= 0.6 is 0 Å². The van der Waals surface area contributed by atoms with Crippen LogP contribution in [0.15, 0.2) is 30.3 Å². The molecule has 0 heterocycles. The maximum atomic E-state index is 13.1. The Kier molecular flexibility index (Phi) is 13.1. The molecule has 0 saturated heterocycles. The Morgan fingerprint density at radius 3 is 2.00 bits per heavy atom. The molecule has 0 spiro atoms. The number of rotatable bonds is 12. The molecule has 0 N–H and O–H groups in total. The molecule has 0 bridgehead atoms. The van der Waals surface area contributed by atoms with Crippen LogP contribution in [0.4, 0.5) is 9.59 Å². The van der Waals surface area contributed by atoms with E-state index in [4.69, 9.17) is 14.2 Å². The molecule has 2 rings (SSSR count). The molecule has 1 saturated carbocycles. The highest BCUT2D eigenvalue weighted by Gasteiger charge is 2.31. The van der Waals surface area contributed by atoms with Gasteiger partial charge in [0.2, 0.25) is 0 Å². The number of nitrogens with zero attached hydrogens (tertiary/aromatic N) is 2. The monoisotopic (exact) mass is 546 g/mol. The number of ether oxygens (including phenoxy) is 3. The molecule has 2 amide bonds. The lowest BCUT2D eigenvalue weighted by atomic mass is 9.94. The maximum Gasteiger partial charge on any atom is 0.410 e. The van der Waals surface area contributed by atoms with Gasteiger partial charge in [-0.05, 0) is 72.8 Å². The van der Waals surface area contributed by atoms with Crippen molar-refractivity contribution < 1.29 is 28.6 Å². The Balaban J connectivity index is 1.90. The minimum atomic E-state index is -0.619. The smallest absolute Gasteiger partial charge is 0.410 e. The summed E-state index contributed by atoms with van der Waals surface area (Å²) in [6, 6.07) is 9.74. The van der Waals surface area contributed by atoms with Crippen molar-refractivity contribution in [3.8, 4) is 0 Å². The fourth-order valence-electron chi connectivity index (χ4n) is 4.54. The van der Waals surface area contributed by atoms with Gasteiger partial charge in [0.05, 0.1) is 0 Å². The van der Waals surface area contributed by atoms with Crippen LogP contribution in [-0.2, 0) is 25.6 Å². The summed E-state index contributed by atoms with van der Waals surface area (Å²) in [5.41, 5.74) is -0.240. The third-order valence-electron chi connectivity index (χ3n) is 6.46. The molecular formula is C31H50N2O6. The van der Waals surface area contributed by atoms with Gasteiger partial charge in [-0.3, -0.25) is 4.79 Å². The zero-order chi connectivity index (χ0) is 28.9. The third-order valence-corrected chi connectivity index (χ3v) is 6.46. The molecular weight excluding hydrogens is 496 g/mol. The third kappa shape index (κ3) is 13.7. The quantitative estimate of drug-likeness (QED) is 0.158. The van der Waals surface area contributed by atoms with Crippen molar-refractivity contribution in [2.24, 2.45) is 0 Å². The zero-order valence-electron chi connectivity index (χ0n) is 25.0. The molecule has 0 unspecified atom stereocenters. The summed E-state index contributed by atoms with van der Waals surface area (Å²) in [7, 11) is 0. The normalized spacial score (nSPS) is 14.4. The van der Waals surface area contributed by atoms with E-state index in [9.17, 15) is 14.4 Å². The van der Waals surface area contributed by atoms with Crippen molar-refractivity contribution in [3.05, 3.63) is 35.9 Å². The number of hydrogen-bond donors (Lipinski definition) is 0. The predicted molar refractivity (Wildman–Crippen MR) is 152 cm³/mol. The second kappa shape index (κ2) is 15.7. The van der Waals surface area contributed by atoms with Crippen molar-refractivity contribution >= 4 is 18.2 Å². The summed E-state index contributed by atoms with van der Waals surface area (Å²) >= 11 is 0. The van der Waals surface area contributed by atoms with E-state index in [-0.39, 0.29) is 24.7 Å². The number of carbonyl (C=O) groups is 3. The molecule has 8 heteroatoms. The summed E-state index contributed by atoms with van der Waals surface area (Å²) in [6.45, 7) is 12.7. The fraction of sp³-hybridized carbons (Fsp3) is 0.710. The second-order valence-electron chi connectivity index (χ2n) is 12.4. The number of benzene rings is 1. The van der Waals surface area contributed by atoms with Gasteiger partial charge < -0.3 is 24.0 Å². The molecule has 0 atom stereocenters. The predicted octanol–water partition coefficient (Wildman–Crippen LogP) is 7.10. The standard InChI is InChI=1S/C31H50N2O6/c1-30(2,3)38-28(35)32(21-15-9-14-20-27(34)37-24-25-16-10-7-11-17-25)22-23-33(26-18-12-8-13-19-26)29(36)39-31(4,5)6/h7,10-11,16-17,26H,8-9,12-15,18-24H2,1-6H3. The lowest BCUT2D eigenvalue weighted by molar-refractivity contribution is -0.145. The van der Waals surface area contributed by atoms with E-state index in [0.717, 1.165) is 44.1 Å². The lowest BCUT2D eigenvalue weighted by Gasteiger charge is -2.37. The first kappa shape index (κ1) is 32.4.